The molecule has 1 nitrogen and oxygen atoms in total. The second-order valence-corrected chi connectivity index (χ2v) is 5.98. The lowest BCUT2D eigenvalue weighted by atomic mass is 10.1. The van der Waals surface area contributed by atoms with Gasteiger partial charge in [-0.2, -0.15) is 0 Å². The van der Waals surface area contributed by atoms with Crippen molar-refractivity contribution < 1.29 is 9.18 Å². The zero-order chi connectivity index (χ0) is 12.6. The smallest absolute Gasteiger partial charge is 0.205 e. The molecule has 17 heavy (non-hydrogen) atoms. The lowest BCUT2D eigenvalue weighted by Gasteiger charge is -2.01. The number of ketones is 1. The highest BCUT2D eigenvalue weighted by atomic mass is 79.9. The first kappa shape index (κ1) is 12.5. The summed E-state index contributed by atoms with van der Waals surface area (Å²) in [5.41, 5.74) is 1.18. The maximum atomic E-state index is 13.6. The molecule has 0 saturated heterocycles. The van der Waals surface area contributed by atoms with Crippen molar-refractivity contribution >= 4 is 33.0 Å². The lowest BCUT2D eigenvalue weighted by molar-refractivity contribution is 0.103. The summed E-state index contributed by atoms with van der Waals surface area (Å²) in [7, 11) is 0. The molecule has 0 spiro atoms. The highest BCUT2D eigenvalue weighted by molar-refractivity contribution is 9.10. The van der Waals surface area contributed by atoms with Gasteiger partial charge in [-0.15, -0.1) is 11.3 Å². The summed E-state index contributed by atoms with van der Waals surface area (Å²) >= 11 is 4.64. The molecule has 0 N–H and O–H groups in total. The minimum Gasteiger partial charge on any atom is -0.288 e. The summed E-state index contributed by atoms with van der Waals surface area (Å²) in [6, 6.07) is 6.20. The van der Waals surface area contributed by atoms with Gasteiger partial charge in [-0.1, -0.05) is 15.9 Å². The van der Waals surface area contributed by atoms with Crippen LogP contribution >= 0.6 is 27.3 Å². The second kappa shape index (κ2) is 4.70. The molecule has 2 rings (SSSR count). The van der Waals surface area contributed by atoms with E-state index in [0.717, 1.165) is 10.4 Å². The predicted octanol–water partition coefficient (Wildman–Crippen LogP) is 4.50. The van der Waals surface area contributed by atoms with Crippen LogP contribution < -0.4 is 0 Å². The van der Waals surface area contributed by atoms with E-state index in [0.29, 0.717) is 9.35 Å². The van der Waals surface area contributed by atoms with E-state index in [-0.39, 0.29) is 11.3 Å². The first-order valence-electron chi connectivity index (χ1n) is 5.06. The van der Waals surface area contributed by atoms with E-state index in [9.17, 15) is 9.18 Å². The van der Waals surface area contributed by atoms with Crippen LogP contribution in [-0.2, 0) is 0 Å². The average molecular weight is 313 g/mol. The molecule has 1 aromatic heterocycles. The number of thiophene rings is 1. The first-order chi connectivity index (χ1) is 7.99. The minimum absolute atomic E-state index is 0.112. The third kappa shape index (κ3) is 2.48. The van der Waals surface area contributed by atoms with Crippen molar-refractivity contribution in [2.75, 3.05) is 0 Å². The van der Waals surface area contributed by atoms with Crippen molar-refractivity contribution in [3.05, 3.63) is 55.4 Å². The largest absolute Gasteiger partial charge is 0.288 e. The van der Waals surface area contributed by atoms with E-state index in [2.05, 4.69) is 15.9 Å². The first-order valence-corrected chi connectivity index (χ1v) is 6.67. The molecule has 1 heterocycles. The molecule has 0 fully saturated rings. The van der Waals surface area contributed by atoms with Crippen LogP contribution in [0.1, 0.15) is 25.7 Å². The number of carbonyl (C=O) groups is 1. The monoisotopic (exact) mass is 312 g/mol. The predicted molar refractivity (Wildman–Crippen MR) is 71.3 cm³/mol. The summed E-state index contributed by atoms with van der Waals surface area (Å²) in [4.78, 5) is 13.8. The Labute approximate surface area is 111 Å². The molecule has 0 atom stereocenters. The maximum absolute atomic E-state index is 13.6. The van der Waals surface area contributed by atoms with Gasteiger partial charge in [0.15, 0.2) is 0 Å². The number of rotatable bonds is 2. The van der Waals surface area contributed by atoms with E-state index >= 15 is 0 Å². The standard InChI is InChI=1S/C13H10BrFOS/c1-7-5-12(17-8(7)2)13(16)10-6-9(14)3-4-11(10)15/h3-6H,1-2H3. The van der Waals surface area contributed by atoms with Gasteiger partial charge >= 0.3 is 0 Å². The van der Waals surface area contributed by atoms with Gasteiger partial charge < -0.3 is 0 Å². The third-order valence-electron chi connectivity index (χ3n) is 2.56. The minimum atomic E-state index is -0.484. The number of carbonyl (C=O) groups excluding carboxylic acids is 1. The molecular weight excluding hydrogens is 303 g/mol. The van der Waals surface area contributed by atoms with Gasteiger partial charge in [-0.3, -0.25) is 4.79 Å². The number of hydrogen-bond donors (Lipinski definition) is 0. The van der Waals surface area contributed by atoms with Gasteiger partial charge in [-0.05, 0) is 43.7 Å². The molecule has 0 radical (unpaired) electrons. The van der Waals surface area contributed by atoms with Crippen LogP contribution in [0.25, 0.3) is 0 Å². The fourth-order valence-corrected chi connectivity index (χ4v) is 2.84. The molecule has 0 aliphatic carbocycles. The Morgan fingerprint density at radius 3 is 2.59 bits per heavy atom. The van der Waals surface area contributed by atoms with Crippen molar-refractivity contribution in [1.29, 1.82) is 0 Å². The number of benzene rings is 1. The highest BCUT2D eigenvalue weighted by Crippen LogP contribution is 2.25. The van der Waals surface area contributed by atoms with Crippen LogP contribution in [0.2, 0.25) is 0 Å². The van der Waals surface area contributed by atoms with Crippen LogP contribution in [-0.4, -0.2) is 5.78 Å². The van der Waals surface area contributed by atoms with Crippen LogP contribution in [0.5, 0.6) is 0 Å². The normalized spacial score (nSPS) is 10.6. The molecule has 4 heteroatoms. The fraction of sp³-hybridized carbons (Fsp3) is 0.154. The zero-order valence-corrected chi connectivity index (χ0v) is 11.8. The highest BCUT2D eigenvalue weighted by Gasteiger charge is 2.17. The Kier molecular flexibility index (Phi) is 3.45. The van der Waals surface area contributed by atoms with E-state index in [1.165, 1.54) is 23.5 Å². The number of hydrogen-bond acceptors (Lipinski definition) is 2. The topological polar surface area (TPSA) is 17.1 Å². The van der Waals surface area contributed by atoms with E-state index in [1.807, 2.05) is 19.9 Å². The van der Waals surface area contributed by atoms with Crippen LogP contribution in [0.15, 0.2) is 28.7 Å². The van der Waals surface area contributed by atoms with Crippen molar-refractivity contribution in [3.8, 4) is 0 Å². The summed E-state index contributed by atoms with van der Waals surface area (Å²) in [6.45, 7) is 3.90. The van der Waals surface area contributed by atoms with Crippen molar-refractivity contribution in [2.24, 2.45) is 0 Å². The molecule has 0 unspecified atom stereocenters. The number of aryl methyl sites for hydroxylation is 2. The van der Waals surface area contributed by atoms with E-state index in [1.54, 1.807) is 6.07 Å². The quantitative estimate of drug-likeness (QED) is 0.746. The van der Waals surface area contributed by atoms with E-state index in [4.69, 9.17) is 0 Å². The molecule has 1 aromatic carbocycles. The van der Waals surface area contributed by atoms with Gasteiger partial charge in [0.1, 0.15) is 5.82 Å². The van der Waals surface area contributed by atoms with Gasteiger partial charge in [0.25, 0.3) is 0 Å². The van der Waals surface area contributed by atoms with Crippen LogP contribution in [0, 0.1) is 19.7 Å². The molecule has 0 aliphatic rings. The van der Waals surface area contributed by atoms with Gasteiger partial charge in [0.2, 0.25) is 5.78 Å². The Morgan fingerprint density at radius 1 is 1.29 bits per heavy atom. The maximum Gasteiger partial charge on any atom is 0.205 e. The van der Waals surface area contributed by atoms with Crippen molar-refractivity contribution in [2.45, 2.75) is 13.8 Å². The van der Waals surface area contributed by atoms with Gasteiger partial charge in [-0.25, -0.2) is 4.39 Å². The van der Waals surface area contributed by atoms with Crippen molar-refractivity contribution in [3.63, 3.8) is 0 Å². The second-order valence-electron chi connectivity index (χ2n) is 3.80. The molecule has 0 amide bonds. The van der Waals surface area contributed by atoms with Crippen LogP contribution in [0.4, 0.5) is 4.39 Å². The summed E-state index contributed by atoms with van der Waals surface area (Å²) < 4.78 is 14.3. The molecule has 0 saturated carbocycles. The van der Waals surface area contributed by atoms with Gasteiger partial charge in [0, 0.05) is 9.35 Å². The van der Waals surface area contributed by atoms with Crippen molar-refractivity contribution in [1.82, 2.24) is 0 Å². The molecular formula is C13H10BrFOS. The molecule has 0 bridgehead atoms. The zero-order valence-electron chi connectivity index (χ0n) is 9.38. The Balaban J connectivity index is 2.47. The summed E-state index contributed by atoms with van der Waals surface area (Å²) in [5, 5.41) is 0. The molecule has 88 valence electrons. The third-order valence-corrected chi connectivity index (χ3v) is 4.21. The Morgan fingerprint density at radius 2 is 2.00 bits per heavy atom. The van der Waals surface area contributed by atoms with Crippen LogP contribution in [0.3, 0.4) is 0 Å². The van der Waals surface area contributed by atoms with Gasteiger partial charge in [0.05, 0.1) is 10.4 Å². The fourth-order valence-electron chi connectivity index (χ4n) is 1.49. The lowest BCUT2D eigenvalue weighted by Crippen LogP contribution is -2.02. The molecule has 2 aromatic rings. The molecule has 0 aliphatic heterocycles. The number of halogens is 2. The summed E-state index contributed by atoms with van der Waals surface area (Å²) in [6.07, 6.45) is 0. The SMILES string of the molecule is Cc1cc(C(=O)c2cc(Br)ccc2F)sc1C. The Hall–Kier alpha value is -1.00. The van der Waals surface area contributed by atoms with E-state index < -0.39 is 5.82 Å². The Bertz CT molecular complexity index is 570. The average Bonchev–Trinajstić information content (AvgIpc) is 2.62. The summed E-state index contributed by atoms with van der Waals surface area (Å²) in [5.74, 6) is -0.744.